The van der Waals surface area contributed by atoms with Crippen molar-refractivity contribution in [3.63, 3.8) is 0 Å². The Morgan fingerprint density at radius 1 is 0.925 bits per heavy atom. The highest BCUT2D eigenvalue weighted by Gasteiger charge is 2.40. The van der Waals surface area contributed by atoms with Crippen LogP contribution >= 0.6 is 0 Å². The largest absolute Gasteiger partial charge is 0.396 e. The highest BCUT2D eigenvalue weighted by atomic mass is 16.3. The van der Waals surface area contributed by atoms with E-state index >= 15 is 0 Å². The third-order valence-corrected chi connectivity index (χ3v) is 9.07. The number of benzene rings is 1. The molecule has 8 nitrogen and oxygen atoms in total. The Balaban J connectivity index is 1.14. The first-order valence-corrected chi connectivity index (χ1v) is 15.1. The minimum atomic E-state index is -0.388. The number of aromatic nitrogens is 4. The SMILES string of the molecule is CC(C)CN1CCC2(CC1)CCN(Cc1ccc(CN(C)CC(CO)(Cc3ncc[nH]3)Cc3ncc[nH]3)cc1)C2. The van der Waals surface area contributed by atoms with Crippen molar-refractivity contribution >= 4 is 0 Å². The predicted molar refractivity (Wildman–Crippen MR) is 160 cm³/mol. The molecule has 2 saturated heterocycles. The van der Waals surface area contributed by atoms with Crippen molar-refractivity contribution in [1.82, 2.24) is 34.6 Å². The van der Waals surface area contributed by atoms with Gasteiger partial charge in [0.05, 0.1) is 6.61 Å². The van der Waals surface area contributed by atoms with E-state index in [2.05, 4.69) is 79.8 Å². The number of aliphatic hydroxyl groups excluding tert-OH is 1. The van der Waals surface area contributed by atoms with E-state index in [0.717, 1.165) is 37.2 Å². The van der Waals surface area contributed by atoms with Gasteiger partial charge in [-0.1, -0.05) is 38.1 Å². The normalized spacial score (nSPS) is 18.4. The van der Waals surface area contributed by atoms with Crippen molar-refractivity contribution in [2.75, 3.05) is 52.9 Å². The van der Waals surface area contributed by atoms with Gasteiger partial charge in [0.1, 0.15) is 11.6 Å². The molecule has 8 heteroatoms. The molecule has 2 aliphatic heterocycles. The van der Waals surface area contributed by atoms with Crippen molar-refractivity contribution in [2.45, 2.75) is 59.0 Å². The molecule has 3 aromatic rings. The third kappa shape index (κ3) is 7.60. The van der Waals surface area contributed by atoms with Gasteiger partial charge in [-0.3, -0.25) is 4.90 Å². The number of piperidine rings is 1. The Labute approximate surface area is 240 Å². The molecule has 0 radical (unpaired) electrons. The molecule has 40 heavy (non-hydrogen) atoms. The van der Waals surface area contributed by atoms with E-state index < -0.39 is 0 Å². The fraction of sp³-hybridized carbons (Fsp3) is 0.625. The molecule has 2 aliphatic rings. The Kier molecular flexibility index (Phi) is 9.41. The maximum atomic E-state index is 10.6. The number of likely N-dealkylation sites (tertiary alicyclic amines) is 2. The Morgan fingerprint density at radius 3 is 2.02 bits per heavy atom. The molecule has 2 aromatic heterocycles. The minimum Gasteiger partial charge on any atom is -0.396 e. The van der Waals surface area contributed by atoms with Crippen LogP contribution in [0.15, 0.2) is 49.1 Å². The van der Waals surface area contributed by atoms with Crippen LogP contribution in [0, 0.1) is 16.7 Å². The van der Waals surface area contributed by atoms with Crippen molar-refractivity contribution < 1.29 is 5.11 Å². The number of rotatable bonds is 13. The molecule has 0 unspecified atom stereocenters. The maximum Gasteiger partial charge on any atom is 0.106 e. The standard InChI is InChI=1S/C32H49N7O/c1-26(2)20-38-15-8-31(9-16-38)10-17-39(24-31)22-28-6-4-27(5-7-28)21-37(3)23-32(25-40,18-29-33-11-12-34-29)19-30-35-13-14-36-30/h4-7,11-14,26,40H,8-10,15-25H2,1-3H3,(H,33,34)(H,35,36). The van der Waals surface area contributed by atoms with Crippen molar-refractivity contribution in [1.29, 1.82) is 0 Å². The lowest BCUT2D eigenvalue weighted by Gasteiger charge is -2.40. The van der Waals surface area contributed by atoms with Crippen LogP contribution in [0.2, 0.25) is 0 Å². The number of H-pyrrole nitrogens is 2. The molecular formula is C32H49N7O. The summed E-state index contributed by atoms with van der Waals surface area (Å²) in [6, 6.07) is 9.18. The molecule has 0 saturated carbocycles. The molecule has 1 aromatic carbocycles. The second-order valence-corrected chi connectivity index (χ2v) is 13.2. The van der Waals surface area contributed by atoms with Gasteiger partial charge in [0.2, 0.25) is 0 Å². The topological polar surface area (TPSA) is 87.3 Å². The van der Waals surface area contributed by atoms with Crippen LogP contribution in [0.1, 0.15) is 55.9 Å². The highest BCUT2D eigenvalue weighted by Crippen LogP contribution is 2.41. The first-order chi connectivity index (χ1) is 19.3. The zero-order valence-electron chi connectivity index (χ0n) is 24.8. The van der Waals surface area contributed by atoms with E-state index in [1.807, 2.05) is 12.4 Å². The summed E-state index contributed by atoms with van der Waals surface area (Å²) in [4.78, 5) is 23.0. The minimum absolute atomic E-state index is 0.0603. The summed E-state index contributed by atoms with van der Waals surface area (Å²) in [5, 5.41) is 10.6. The van der Waals surface area contributed by atoms with Gasteiger partial charge in [-0.2, -0.15) is 0 Å². The lowest BCUT2D eigenvalue weighted by molar-refractivity contribution is 0.0770. The molecule has 2 fully saturated rings. The number of aromatic amines is 2. The fourth-order valence-corrected chi connectivity index (χ4v) is 7.08. The molecule has 0 atom stereocenters. The molecule has 218 valence electrons. The number of aliphatic hydroxyl groups is 1. The Hall–Kier alpha value is -2.52. The first-order valence-electron chi connectivity index (χ1n) is 15.1. The molecule has 1 spiro atoms. The molecule has 0 aliphatic carbocycles. The number of hydrogen-bond donors (Lipinski definition) is 3. The van der Waals surface area contributed by atoms with Gasteiger partial charge >= 0.3 is 0 Å². The van der Waals surface area contributed by atoms with Gasteiger partial charge in [0.15, 0.2) is 0 Å². The van der Waals surface area contributed by atoms with Crippen LogP contribution in [0.3, 0.4) is 0 Å². The fourth-order valence-electron chi connectivity index (χ4n) is 7.08. The maximum absolute atomic E-state index is 10.6. The van der Waals surface area contributed by atoms with Gasteiger partial charge in [0.25, 0.3) is 0 Å². The van der Waals surface area contributed by atoms with Gasteiger partial charge < -0.3 is 24.9 Å². The van der Waals surface area contributed by atoms with E-state index in [9.17, 15) is 5.11 Å². The quantitative estimate of drug-likeness (QED) is 0.300. The summed E-state index contributed by atoms with van der Waals surface area (Å²) in [5.74, 6) is 2.55. The number of imidazole rings is 2. The summed E-state index contributed by atoms with van der Waals surface area (Å²) < 4.78 is 0. The number of nitrogens with one attached hydrogen (secondary N) is 2. The van der Waals surface area contributed by atoms with Crippen LogP contribution in [-0.4, -0.2) is 92.7 Å². The molecule has 0 bridgehead atoms. The van der Waals surface area contributed by atoms with Gasteiger partial charge in [0, 0.05) is 75.8 Å². The number of nitrogens with zero attached hydrogens (tertiary/aromatic N) is 5. The van der Waals surface area contributed by atoms with Gasteiger partial charge in [-0.25, -0.2) is 9.97 Å². The van der Waals surface area contributed by atoms with Gasteiger partial charge in [-0.05, 0) is 68.4 Å². The lowest BCUT2D eigenvalue weighted by Crippen LogP contribution is -2.42. The zero-order valence-corrected chi connectivity index (χ0v) is 24.8. The predicted octanol–water partition coefficient (Wildman–Crippen LogP) is 3.97. The van der Waals surface area contributed by atoms with Crippen LogP contribution in [-0.2, 0) is 25.9 Å². The third-order valence-electron chi connectivity index (χ3n) is 9.07. The molecule has 0 amide bonds. The van der Waals surface area contributed by atoms with E-state index in [4.69, 9.17) is 0 Å². The first kappa shape index (κ1) is 29.0. The summed E-state index contributed by atoms with van der Waals surface area (Å²) >= 11 is 0. The smallest absolute Gasteiger partial charge is 0.106 e. The summed E-state index contributed by atoms with van der Waals surface area (Å²) in [6.45, 7) is 13.6. The summed E-state index contributed by atoms with van der Waals surface area (Å²) in [5.41, 5.74) is 2.85. The lowest BCUT2D eigenvalue weighted by atomic mass is 9.77. The van der Waals surface area contributed by atoms with E-state index in [0.29, 0.717) is 18.3 Å². The van der Waals surface area contributed by atoms with Crippen LogP contribution < -0.4 is 0 Å². The molecule has 4 heterocycles. The highest BCUT2D eigenvalue weighted by molar-refractivity contribution is 5.23. The molecule has 3 N–H and O–H groups in total. The van der Waals surface area contributed by atoms with E-state index in [1.54, 1.807) is 12.4 Å². The monoisotopic (exact) mass is 547 g/mol. The second-order valence-electron chi connectivity index (χ2n) is 13.2. The Bertz CT molecular complexity index is 1100. The number of hydrogen-bond acceptors (Lipinski definition) is 6. The van der Waals surface area contributed by atoms with Crippen molar-refractivity contribution in [3.8, 4) is 0 Å². The summed E-state index contributed by atoms with van der Waals surface area (Å²) in [7, 11) is 2.14. The van der Waals surface area contributed by atoms with Crippen LogP contribution in [0.25, 0.3) is 0 Å². The van der Waals surface area contributed by atoms with Crippen molar-refractivity contribution in [2.24, 2.45) is 16.7 Å². The Morgan fingerprint density at radius 2 is 1.50 bits per heavy atom. The molecular weight excluding hydrogens is 498 g/mol. The average molecular weight is 548 g/mol. The van der Waals surface area contributed by atoms with E-state index in [-0.39, 0.29) is 12.0 Å². The van der Waals surface area contributed by atoms with Crippen LogP contribution in [0.4, 0.5) is 0 Å². The second kappa shape index (κ2) is 13.0. The molecule has 5 rings (SSSR count). The zero-order chi connectivity index (χ0) is 28.0. The van der Waals surface area contributed by atoms with Crippen LogP contribution in [0.5, 0.6) is 0 Å². The average Bonchev–Trinajstić information content (AvgIpc) is 3.70. The van der Waals surface area contributed by atoms with Crippen molar-refractivity contribution in [3.05, 3.63) is 71.8 Å². The van der Waals surface area contributed by atoms with E-state index in [1.165, 1.54) is 63.1 Å². The summed E-state index contributed by atoms with van der Waals surface area (Å²) in [6.07, 6.45) is 12.6. The van der Waals surface area contributed by atoms with Gasteiger partial charge in [-0.15, -0.1) is 0 Å².